The van der Waals surface area contributed by atoms with Crippen LogP contribution in [0.3, 0.4) is 0 Å². The number of methoxy groups -OCH3 is 4. The molecule has 9 heteroatoms. The molecule has 2 aromatic carbocycles. The largest absolute Gasteiger partial charge is 0.493 e. The minimum atomic E-state index is 0.108. The van der Waals surface area contributed by atoms with Gasteiger partial charge in [-0.2, -0.15) is 4.98 Å². The summed E-state index contributed by atoms with van der Waals surface area (Å²) in [5.41, 5.74) is 14.6. The van der Waals surface area contributed by atoms with Crippen LogP contribution in [0.25, 0.3) is 0 Å². The molecule has 9 nitrogen and oxygen atoms in total. The molecule has 0 aliphatic heterocycles. The average Bonchev–Trinajstić information content (AvgIpc) is 2.83. The predicted octanol–water partition coefficient (Wildman–Crippen LogP) is 2.48. The van der Waals surface area contributed by atoms with Gasteiger partial charge in [0.25, 0.3) is 0 Å². The van der Waals surface area contributed by atoms with E-state index in [1.807, 2.05) is 12.1 Å². The molecular weight excluding hydrogens is 424 g/mol. The van der Waals surface area contributed by atoms with Gasteiger partial charge in [0, 0.05) is 23.7 Å². The summed E-state index contributed by atoms with van der Waals surface area (Å²) < 4.78 is 21.8. The molecule has 3 aromatic rings. The van der Waals surface area contributed by atoms with Crippen molar-refractivity contribution < 1.29 is 23.7 Å². The van der Waals surface area contributed by atoms with Gasteiger partial charge in [-0.3, -0.25) is 4.79 Å². The molecule has 0 radical (unpaired) electrons. The zero-order chi connectivity index (χ0) is 24.0. The third-order valence-electron chi connectivity index (χ3n) is 4.82. The minimum absolute atomic E-state index is 0.108. The van der Waals surface area contributed by atoms with Crippen LogP contribution in [0.2, 0.25) is 0 Å². The maximum Gasteiger partial charge on any atom is 0.221 e. The van der Waals surface area contributed by atoms with Gasteiger partial charge in [-0.15, -0.1) is 0 Å². The first-order chi connectivity index (χ1) is 15.9. The average molecular weight is 448 g/mol. The quantitative estimate of drug-likeness (QED) is 0.413. The Hall–Kier alpha value is -4.45. The van der Waals surface area contributed by atoms with E-state index >= 15 is 0 Å². The standard InChI is InChI=1S/C24H24N4O5/c1-30-19-10-14(8-18-12-27-24(26)28-23(18)25)7-16(21(19)32-3)5-6-17-9-15(13-29)11-20(31-2)22(17)33-4/h7,9-13H,8H2,1-4H3,(H4,25,26,27,28). The topological polar surface area (TPSA) is 132 Å². The van der Waals surface area contributed by atoms with Crippen molar-refractivity contribution in [1.82, 2.24) is 9.97 Å². The Kier molecular flexibility index (Phi) is 7.20. The SMILES string of the molecule is COc1cc(C=O)cc(C#Cc2cc(Cc3cnc(N)nc3N)cc(OC)c2OC)c1OC. The minimum Gasteiger partial charge on any atom is -0.493 e. The molecule has 170 valence electrons. The van der Waals surface area contributed by atoms with Crippen LogP contribution in [0.4, 0.5) is 11.8 Å². The van der Waals surface area contributed by atoms with Crippen LogP contribution in [0.1, 0.15) is 32.6 Å². The number of carbonyl (C=O) groups is 1. The number of aldehydes is 1. The summed E-state index contributed by atoms with van der Waals surface area (Å²) in [6.07, 6.45) is 2.73. The molecule has 0 saturated heterocycles. The second kappa shape index (κ2) is 10.2. The molecular formula is C24H24N4O5. The van der Waals surface area contributed by atoms with Gasteiger partial charge in [-0.1, -0.05) is 11.8 Å². The number of aromatic nitrogens is 2. The smallest absolute Gasteiger partial charge is 0.221 e. The predicted molar refractivity (Wildman–Crippen MR) is 124 cm³/mol. The lowest BCUT2D eigenvalue weighted by atomic mass is 10.0. The summed E-state index contributed by atoms with van der Waals surface area (Å²) in [5, 5.41) is 0. The van der Waals surface area contributed by atoms with E-state index in [9.17, 15) is 4.79 Å². The highest BCUT2D eigenvalue weighted by molar-refractivity contribution is 5.78. The second-order valence-electron chi connectivity index (χ2n) is 6.87. The number of carbonyl (C=O) groups excluding carboxylic acids is 1. The first-order valence-electron chi connectivity index (χ1n) is 9.79. The molecule has 33 heavy (non-hydrogen) atoms. The summed E-state index contributed by atoms with van der Waals surface area (Å²) in [5.74, 6) is 8.34. The van der Waals surface area contributed by atoms with Gasteiger partial charge in [-0.25, -0.2) is 4.98 Å². The van der Waals surface area contributed by atoms with Gasteiger partial charge in [-0.05, 0) is 29.8 Å². The monoisotopic (exact) mass is 448 g/mol. The zero-order valence-corrected chi connectivity index (χ0v) is 18.8. The molecule has 4 N–H and O–H groups in total. The lowest BCUT2D eigenvalue weighted by molar-refractivity contribution is 0.112. The van der Waals surface area contributed by atoms with Crippen molar-refractivity contribution in [2.75, 3.05) is 39.9 Å². The first kappa shape index (κ1) is 23.2. The highest BCUT2D eigenvalue weighted by Gasteiger charge is 2.15. The van der Waals surface area contributed by atoms with Crippen molar-refractivity contribution in [3.8, 4) is 34.8 Å². The molecule has 0 atom stereocenters. The number of benzene rings is 2. The maximum absolute atomic E-state index is 11.3. The van der Waals surface area contributed by atoms with Gasteiger partial charge in [0.15, 0.2) is 23.0 Å². The molecule has 1 heterocycles. The van der Waals surface area contributed by atoms with Crippen molar-refractivity contribution in [1.29, 1.82) is 0 Å². The Morgan fingerprint density at radius 1 is 0.879 bits per heavy atom. The van der Waals surface area contributed by atoms with Gasteiger partial charge < -0.3 is 30.4 Å². The second-order valence-corrected chi connectivity index (χ2v) is 6.87. The Bertz CT molecular complexity index is 1250. The van der Waals surface area contributed by atoms with E-state index in [4.69, 9.17) is 30.4 Å². The highest BCUT2D eigenvalue weighted by Crippen LogP contribution is 2.35. The van der Waals surface area contributed by atoms with Crippen molar-refractivity contribution >= 4 is 18.1 Å². The number of hydrogen-bond acceptors (Lipinski definition) is 9. The van der Waals surface area contributed by atoms with Crippen molar-refractivity contribution in [2.45, 2.75) is 6.42 Å². The number of nitrogens with zero attached hydrogens (tertiary/aromatic N) is 2. The first-order valence-corrected chi connectivity index (χ1v) is 9.79. The third kappa shape index (κ3) is 5.07. The van der Waals surface area contributed by atoms with Gasteiger partial charge in [0.1, 0.15) is 12.1 Å². The molecule has 1 aromatic heterocycles. The summed E-state index contributed by atoms with van der Waals surface area (Å²) in [6.45, 7) is 0. The van der Waals surface area contributed by atoms with E-state index in [1.54, 1.807) is 25.4 Å². The number of rotatable bonds is 7. The van der Waals surface area contributed by atoms with Crippen LogP contribution in [0, 0.1) is 11.8 Å². The van der Waals surface area contributed by atoms with Crippen LogP contribution in [0.5, 0.6) is 23.0 Å². The number of ether oxygens (including phenoxy) is 4. The number of hydrogen-bond donors (Lipinski definition) is 2. The van der Waals surface area contributed by atoms with Crippen molar-refractivity contribution in [3.63, 3.8) is 0 Å². The lowest BCUT2D eigenvalue weighted by Gasteiger charge is -2.13. The number of anilines is 2. The highest BCUT2D eigenvalue weighted by atomic mass is 16.5. The van der Waals surface area contributed by atoms with E-state index < -0.39 is 0 Å². The molecule has 0 unspecified atom stereocenters. The van der Waals surface area contributed by atoms with E-state index in [-0.39, 0.29) is 5.95 Å². The van der Waals surface area contributed by atoms with Gasteiger partial charge >= 0.3 is 0 Å². The van der Waals surface area contributed by atoms with Crippen molar-refractivity contribution in [2.24, 2.45) is 0 Å². The molecule has 0 aliphatic carbocycles. The molecule has 0 bridgehead atoms. The van der Waals surface area contributed by atoms with E-state index in [1.165, 1.54) is 21.3 Å². The van der Waals surface area contributed by atoms with Crippen LogP contribution in [-0.2, 0) is 6.42 Å². The normalized spacial score (nSPS) is 10.1. The zero-order valence-electron chi connectivity index (χ0n) is 18.8. The summed E-state index contributed by atoms with van der Waals surface area (Å²) in [7, 11) is 6.08. The Morgan fingerprint density at radius 3 is 2.03 bits per heavy atom. The van der Waals surface area contributed by atoms with Crippen LogP contribution in [-0.4, -0.2) is 44.7 Å². The molecule has 0 spiro atoms. The molecule has 0 fully saturated rings. The van der Waals surface area contributed by atoms with Crippen LogP contribution < -0.4 is 30.4 Å². The van der Waals surface area contributed by atoms with Gasteiger partial charge in [0.2, 0.25) is 5.95 Å². The van der Waals surface area contributed by atoms with E-state index in [0.717, 1.165) is 11.8 Å². The van der Waals surface area contributed by atoms with Crippen LogP contribution >= 0.6 is 0 Å². The Morgan fingerprint density at radius 2 is 1.48 bits per heavy atom. The van der Waals surface area contributed by atoms with Crippen molar-refractivity contribution in [3.05, 3.63) is 58.3 Å². The fourth-order valence-corrected chi connectivity index (χ4v) is 3.29. The summed E-state index contributed by atoms with van der Waals surface area (Å²) in [4.78, 5) is 19.4. The van der Waals surface area contributed by atoms with E-state index in [2.05, 4.69) is 21.8 Å². The fraction of sp³-hybridized carbons (Fsp3) is 0.208. The maximum atomic E-state index is 11.3. The molecule has 3 rings (SSSR count). The number of nitrogen functional groups attached to an aromatic ring is 2. The summed E-state index contributed by atoms with van der Waals surface area (Å²) >= 11 is 0. The molecule has 0 saturated carbocycles. The fourth-order valence-electron chi connectivity index (χ4n) is 3.29. The Balaban J connectivity index is 2.11. The lowest BCUT2D eigenvalue weighted by Crippen LogP contribution is -2.04. The summed E-state index contributed by atoms with van der Waals surface area (Å²) in [6, 6.07) is 6.90. The number of nitrogens with two attached hydrogens (primary N) is 2. The molecule has 0 aliphatic rings. The third-order valence-corrected chi connectivity index (χ3v) is 4.82. The van der Waals surface area contributed by atoms with E-state index in [0.29, 0.717) is 57.5 Å². The van der Waals surface area contributed by atoms with Gasteiger partial charge in [0.05, 0.1) is 39.6 Å². The van der Waals surface area contributed by atoms with Crippen LogP contribution in [0.15, 0.2) is 30.5 Å². The molecule has 0 amide bonds. The Labute approximate surface area is 191 Å².